The Morgan fingerprint density at radius 3 is 2.45 bits per heavy atom. The van der Waals surface area contributed by atoms with E-state index in [1.807, 2.05) is 0 Å². The van der Waals surface area contributed by atoms with Crippen LogP contribution in [-0.2, 0) is 21.5 Å². The highest BCUT2D eigenvalue weighted by atomic mass is 32.3. The molecule has 0 aromatic heterocycles. The minimum atomic E-state index is -4.84. The van der Waals surface area contributed by atoms with Crippen LogP contribution in [0.2, 0.25) is 0 Å². The minimum Gasteiger partial charge on any atom is -0.444 e. The van der Waals surface area contributed by atoms with Crippen LogP contribution in [0.5, 0.6) is 0 Å². The number of nitrogens with two attached hydrogens (primary N) is 1. The summed E-state index contributed by atoms with van der Waals surface area (Å²) in [6.45, 7) is 5.10. The summed E-state index contributed by atoms with van der Waals surface area (Å²) in [6.07, 6.45) is -0.662. The van der Waals surface area contributed by atoms with E-state index in [1.165, 1.54) is 6.07 Å². The maximum absolute atomic E-state index is 12.9. The molecule has 1 amide bonds. The fourth-order valence-corrected chi connectivity index (χ4v) is 1.99. The highest BCUT2D eigenvalue weighted by molar-refractivity contribution is 7.86. The zero-order chi connectivity index (χ0) is 15.6. The SMILES string of the molecule is CC(C)(C)OC(=O)NCc1cc(N)cc(S(=O)(=O)F)c1. The van der Waals surface area contributed by atoms with Crippen LogP contribution >= 0.6 is 0 Å². The van der Waals surface area contributed by atoms with Crippen LogP contribution in [0.3, 0.4) is 0 Å². The number of rotatable bonds is 3. The Labute approximate surface area is 117 Å². The van der Waals surface area contributed by atoms with Crippen LogP contribution in [0.1, 0.15) is 26.3 Å². The molecule has 0 saturated heterocycles. The molecule has 0 atom stereocenters. The van der Waals surface area contributed by atoms with Gasteiger partial charge in [0.15, 0.2) is 0 Å². The molecule has 0 aliphatic rings. The lowest BCUT2D eigenvalue weighted by atomic mass is 10.2. The number of anilines is 1. The summed E-state index contributed by atoms with van der Waals surface area (Å²) < 4.78 is 39.6. The van der Waals surface area contributed by atoms with Gasteiger partial charge in [0.05, 0.1) is 0 Å². The van der Waals surface area contributed by atoms with E-state index in [-0.39, 0.29) is 12.2 Å². The standard InChI is InChI=1S/C12H17FN2O4S/c1-12(2,3)19-11(16)15-7-8-4-9(14)6-10(5-8)20(13,17)18/h4-6H,7,14H2,1-3H3,(H,15,16). The van der Waals surface area contributed by atoms with E-state index in [2.05, 4.69) is 5.32 Å². The van der Waals surface area contributed by atoms with E-state index in [0.29, 0.717) is 5.56 Å². The van der Waals surface area contributed by atoms with Gasteiger partial charge in [0.2, 0.25) is 0 Å². The van der Waals surface area contributed by atoms with Gasteiger partial charge in [0, 0.05) is 12.2 Å². The van der Waals surface area contributed by atoms with Crippen molar-refractivity contribution in [1.29, 1.82) is 0 Å². The van der Waals surface area contributed by atoms with E-state index in [0.717, 1.165) is 12.1 Å². The average Bonchev–Trinajstić information content (AvgIpc) is 2.22. The predicted octanol–water partition coefficient (Wildman–Crippen LogP) is 1.95. The normalized spacial score (nSPS) is 12.0. The summed E-state index contributed by atoms with van der Waals surface area (Å²) in [5.41, 5.74) is 5.29. The largest absolute Gasteiger partial charge is 0.444 e. The minimum absolute atomic E-state index is 0.0253. The van der Waals surface area contributed by atoms with Crippen molar-refractivity contribution in [2.45, 2.75) is 37.8 Å². The molecule has 3 N–H and O–H groups in total. The van der Waals surface area contributed by atoms with E-state index >= 15 is 0 Å². The summed E-state index contributed by atoms with van der Waals surface area (Å²) in [4.78, 5) is 10.9. The fraction of sp³-hybridized carbons (Fsp3) is 0.417. The zero-order valence-electron chi connectivity index (χ0n) is 11.4. The maximum atomic E-state index is 12.9. The van der Waals surface area contributed by atoms with Crippen molar-refractivity contribution in [1.82, 2.24) is 5.32 Å². The summed E-state index contributed by atoms with van der Waals surface area (Å²) in [7, 11) is -4.84. The van der Waals surface area contributed by atoms with Gasteiger partial charge in [-0.15, -0.1) is 3.89 Å². The highest BCUT2D eigenvalue weighted by Gasteiger charge is 2.17. The van der Waals surface area contributed by atoms with Crippen molar-refractivity contribution >= 4 is 22.0 Å². The lowest BCUT2D eigenvalue weighted by Crippen LogP contribution is -2.32. The first-order valence-electron chi connectivity index (χ1n) is 5.78. The molecule has 1 rings (SSSR count). The summed E-state index contributed by atoms with van der Waals surface area (Å²) >= 11 is 0. The molecule has 1 aromatic rings. The topological polar surface area (TPSA) is 98.5 Å². The van der Waals surface area contributed by atoms with Gasteiger partial charge in [-0.1, -0.05) is 0 Å². The van der Waals surface area contributed by atoms with Gasteiger partial charge in [-0.2, -0.15) is 8.42 Å². The average molecular weight is 304 g/mol. The summed E-state index contributed by atoms with van der Waals surface area (Å²) in [5, 5.41) is 2.43. The Morgan fingerprint density at radius 2 is 1.95 bits per heavy atom. The van der Waals surface area contributed by atoms with Crippen LogP contribution < -0.4 is 11.1 Å². The third-order valence-corrected chi connectivity index (χ3v) is 2.90. The maximum Gasteiger partial charge on any atom is 0.407 e. The molecule has 0 saturated carbocycles. The van der Waals surface area contributed by atoms with Gasteiger partial charge in [-0.05, 0) is 44.5 Å². The lowest BCUT2D eigenvalue weighted by Gasteiger charge is -2.19. The van der Waals surface area contributed by atoms with E-state index in [4.69, 9.17) is 10.5 Å². The number of carbonyl (C=O) groups is 1. The van der Waals surface area contributed by atoms with Crippen LogP contribution in [0.4, 0.5) is 14.4 Å². The van der Waals surface area contributed by atoms with Crippen LogP contribution in [0.25, 0.3) is 0 Å². The van der Waals surface area contributed by atoms with Gasteiger partial charge >= 0.3 is 16.3 Å². The number of carbonyl (C=O) groups excluding carboxylic acids is 1. The number of nitrogen functional groups attached to an aromatic ring is 1. The highest BCUT2D eigenvalue weighted by Crippen LogP contribution is 2.18. The molecule has 0 aliphatic carbocycles. The second-order valence-corrected chi connectivity index (χ2v) is 6.55. The molecule has 1 aromatic carbocycles. The smallest absolute Gasteiger partial charge is 0.407 e. The Morgan fingerprint density at radius 1 is 1.35 bits per heavy atom. The van der Waals surface area contributed by atoms with Crippen molar-refractivity contribution in [2.75, 3.05) is 5.73 Å². The van der Waals surface area contributed by atoms with Crippen molar-refractivity contribution in [2.24, 2.45) is 0 Å². The lowest BCUT2D eigenvalue weighted by molar-refractivity contribution is 0.0523. The molecular weight excluding hydrogens is 287 g/mol. The van der Waals surface area contributed by atoms with E-state index in [9.17, 15) is 17.1 Å². The first kappa shape index (κ1) is 16.2. The summed E-state index contributed by atoms with van der Waals surface area (Å²) in [5.74, 6) is 0. The molecule has 0 radical (unpaired) electrons. The number of hydrogen-bond donors (Lipinski definition) is 2. The molecule has 6 nitrogen and oxygen atoms in total. The Kier molecular flexibility index (Phi) is 4.59. The molecule has 20 heavy (non-hydrogen) atoms. The van der Waals surface area contributed by atoms with E-state index < -0.39 is 26.8 Å². The monoisotopic (exact) mass is 304 g/mol. The third-order valence-electron chi connectivity index (χ3n) is 2.11. The third kappa shape index (κ3) is 5.43. The first-order valence-corrected chi connectivity index (χ1v) is 7.17. The van der Waals surface area contributed by atoms with Gasteiger partial charge < -0.3 is 15.8 Å². The Balaban J connectivity index is 2.79. The second kappa shape index (κ2) is 5.66. The van der Waals surface area contributed by atoms with Crippen molar-refractivity contribution in [3.63, 3.8) is 0 Å². The molecule has 0 spiro atoms. The van der Waals surface area contributed by atoms with Gasteiger partial charge in [-0.25, -0.2) is 4.79 Å². The van der Waals surface area contributed by atoms with Crippen LogP contribution in [0, 0.1) is 0 Å². The fourth-order valence-electron chi connectivity index (χ4n) is 1.42. The molecule has 8 heteroatoms. The van der Waals surface area contributed by atoms with Crippen molar-refractivity contribution in [3.05, 3.63) is 23.8 Å². The second-order valence-electron chi connectivity index (χ2n) is 5.20. The first-order chi connectivity index (χ1) is 8.97. The Hall–Kier alpha value is -1.83. The van der Waals surface area contributed by atoms with Crippen molar-refractivity contribution in [3.8, 4) is 0 Å². The van der Waals surface area contributed by atoms with E-state index in [1.54, 1.807) is 20.8 Å². The van der Waals surface area contributed by atoms with Crippen LogP contribution in [0.15, 0.2) is 23.1 Å². The number of nitrogens with one attached hydrogen (secondary N) is 1. The number of alkyl carbamates (subject to hydrolysis) is 1. The number of ether oxygens (including phenoxy) is 1. The number of hydrogen-bond acceptors (Lipinski definition) is 5. The van der Waals surface area contributed by atoms with Gasteiger partial charge in [0.25, 0.3) is 0 Å². The predicted molar refractivity (Wildman–Crippen MR) is 72.2 cm³/mol. The summed E-state index contributed by atoms with van der Waals surface area (Å²) in [6, 6.07) is 3.54. The van der Waals surface area contributed by atoms with Gasteiger partial charge in [-0.3, -0.25) is 0 Å². The molecular formula is C12H17FN2O4S. The molecule has 0 unspecified atom stereocenters. The molecule has 0 fully saturated rings. The van der Waals surface area contributed by atoms with Crippen LogP contribution in [-0.4, -0.2) is 20.1 Å². The molecule has 112 valence electrons. The number of halogens is 1. The number of amides is 1. The Bertz CT molecular complexity index is 608. The molecule has 0 aliphatic heterocycles. The zero-order valence-corrected chi connectivity index (χ0v) is 12.3. The molecule has 0 heterocycles. The van der Waals surface area contributed by atoms with Crippen molar-refractivity contribution < 1.29 is 21.8 Å². The number of benzene rings is 1. The van der Waals surface area contributed by atoms with Gasteiger partial charge in [0.1, 0.15) is 10.5 Å². The quantitative estimate of drug-likeness (QED) is 0.657. The molecule has 0 bridgehead atoms.